The summed E-state index contributed by atoms with van der Waals surface area (Å²) in [7, 11) is 0. The molecule has 3 N–H and O–H groups in total. The summed E-state index contributed by atoms with van der Waals surface area (Å²) in [5, 5.41) is 10.0. The number of imidazole rings is 1. The third-order valence-corrected chi connectivity index (χ3v) is 3.31. The third-order valence-electron chi connectivity index (χ3n) is 3.31. The van der Waals surface area contributed by atoms with Crippen molar-refractivity contribution in [2.45, 2.75) is 13.5 Å². The van der Waals surface area contributed by atoms with Crippen LogP contribution in [0.2, 0.25) is 0 Å². The molecular formula is C15H14FN3O. The Labute approximate surface area is 115 Å². The first-order valence-electron chi connectivity index (χ1n) is 6.35. The Hall–Kier alpha value is -2.56. The zero-order chi connectivity index (χ0) is 14.3. The predicted octanol–water partition coefficient (Wildman–Crippen LogP) is 3.15. The highest BCUT2D eigenvalue weighted by atomic mass is 19.1. The average molecular weight is 271 g/mol. The second-order valence-electron chi connectivity index (χ2n) is 4.56. The number of halogens is 1. The topological polar surface area (TPSA) is 64.1 Å². The maximum absolute atomic E-state index is 13.8. The molecule has 2 aromatic carbocycles. The lowest BCUT2D eigenvalue weighted by Crippen LogP contribution is -1.98. The van der Waals surface area contributed by atoms with Crippen LogP contribution in [0.1, 0.15) is 6.92 Å². The van der Waals surface area contributed by atoms with Gasteiger partial charge in [0.05, 0.1) is 11.1 Å². The Morgan fingerprint density at radius 2 is 2.10 bits per heavy atom. The molecule has 0 unspecified atom stereocenters. The molecule has 0 atom stereocenters. The van der Waals surface area contributed by atoms with Gasteiger partial charge in [-0.05, 0) is 31.2 Å². The van der Waals surface area contributed by atoms with Crippen LogP contribution in [0.3, 0.4) is 0 Å². The van der Waals surface area contributed by atoms with E-state index in [2.05, 4.69) is 4.98 Å². The quantitative estimate of drug-likeness (QED) is 0.704. The summed E-state index contributed by atoms with van der Waals surface area (Å²) in [6.07, 6.45) is 0. The van der Waals surface area contributed by atoms with Crippen LogP contribution < -0.4 is 5.73 Å². The number of phenolic OH excluding ortho intramolecular Hbond substituents is 1. The third kappa shape index (κ3) is 1.79. The van der Waals surface area contributed by atoms with Gasteiger partial charge in [-0.15, -0.1) is 0 Å². The van der Waals surface area contributed by atoms with Gasteiger partial charge in [0.2, 0.25) is 0 Å². The average Bonchev–Trinajstić information content (AvgIpc) is 2.78. The molecule has 5 heteroatoms. The molecule has 0 saturated heterocycles. The van der Waals surface area contributed by atoms with Crippen LogP contribution >= 0.6 is 0 Å². The van der Waals surface area contributed by atoms with Gasteiger partial charge in [0.15, 0.2) is 5.82 Å². The van der Waals surface area contributed by atoms with Gasteiger partial charge in [-0.1, -0.05) is 6.07 Å². The highest BCUT2D eigenvalue weighted by molar-refractivity contribution is 5.82. The lowest BCUT2D eigenvalue weighted by molar-refractivity contribution is 0.477. The number of nitrogens with two attached hydrogens (primary N) is 1. The van der Waals surface area contributed by atoms with Crippen molar-refractivity contribution in [2.24, 2.45) is 0 Å². The first-order valence-corrected chi connectivity index (χ1v) is 6.35. The molecule has 102 valence electrons. The van der Waals surface area contributed by atoms with Crippen molar-refractivity contribution in [2.75, 3.05) is 5.73 Å². The molecule has 4 nitrogen and oxygen atoms in total. The van der Waals surface area contributed by atoms with Crippen molar-refractivity contribution in [3.05, 3.63) is 42.2 Å². The summed E-state index contributed by atoms with van der Waals surface area (Å²) in [5.41, 5.74) is 7.65. The van der Waals surface area contributed by atoms with Crippen molar-refractivity contribution < 1.29 is 9.50 Å². The summed E-state index contributed by atoms with van der Waals surface area (Å²) >= 11 is 0. The number of aryl methyl sites for hydroxylation is 1. The van der Waals surface area contributed by atoms with Crippen LogP contribution in [0.4, 0.5) is 10.1 Å². The first-order chi connectivity index (χ1) is 9.61. The van der Waals surface area contributed by atoms with Crippen LogP contribution in [-0.2, 0) is 6.54 Å². The number of aromatic nitrogens is 2. The number of rotatable bonds is 2. The van der Waals surface area contributed by atoms with E-state index in [0.29, 0.717) is 34.7 Å². The van der Waals surface area contributed by atoms with E-state index >= 15 is 0 Å². The number of phenols is 1. The molecule has 0 aliphatic heterocycles. The van der Waals surface area contributed by atoms with E-state index < -0.39 is 0 Å². The smallest absolute Gasteiger partial charge is 0.151 e. The first kappa shape index (κ1) is 12.5. The Morgan fingerprint density at radius 3 is 2.80 bits per heavy atom. The van der Waals surface area contributed by atoms with E-state index in [1.807, 2.05) is 17.6 Å². The largest absolute Gasteiger partial charge is 0.507 e. The Bertz CT molecular complexity index is 795. The second kappa shape index (κ2) is 4.52. The number of benzene rings is 2. The summed E-state index contributed by atoms with van der Waals surface area (Å²) < 4.78 is 15.7. The van der Waals surface area contributed by atoms with Crippen LogP contribution in [-0.4, -0.2) is 14.7 Å². The summed E-state index contributed by atoms with van der Waals surface area (Å²) in [6.45, 7) is 2.57. The summed E-state index contributed by atoms with van der Waals surface area (Å²) in [5.74, 6) is 0.200. The van der Waals surface area contributed by atoms with Crippen LogP contribution in [0, 0.1) is 5.82 Å². The van der Waals surface area contributed by atoms with Gasteiger partial charge in [-0.25, -0.2) is 9.37 Å². The minimum Gasteiger partial charge on any atom is -0.507 e. The fraction of sp³-hybridized carbons (Fsp3) is 0.133. The van der Waals surface area contributed by atoms with Crippen LogP contribution in [0.5, 0.6) is 5.75 Å². The van der Waals surface area contributed by atoms with Crippen molar-refractivity contribution in [3.63, 3.8) is 0 Å². The fourth-order valence-corrected chi connectivity index (χ4v) is 2.38. The van der Waals surface area contributed by atoms with Crippen LogP contribution in [0.25, 0.3) is 22.4 Å². The Balaban J connectivity index is 2.33. The molecule has 3 aromatic rings. The van der Waals surface area contributed by atoms with E-state index in [-0.39, 0.29) is 11.6 Å². The zero-order valence-electron chi connectivity index (χ0n) is 11.0. The minimum absolute atomic E-state index is 0.0374. The molecule has 20 heavy (non-hydrogen) atoms. The molecule has 0 aliphatic rings. The van der Waals surface area contributed by atoms with Gasteiger partial charge in [-0.2, -0.15) is 0 Å². The molecule has 0 bridgehead atoms. The number of anilines is 1. The number of hydrogen-bond donors (Lipinski definition) is 2. The summed E-state index contributed by atoms with van der Waals surface area (Å²) in [6, 6.07) is 9.68. The molecular weight excluding hydrogens is 257 g/mol. The standard InChI is InChI=1S/C15H14FN3O/c1-2-19-12-5-3-4-11(16)14(12)18-15(19)10-7-6-9(17)8-13(10)20/h3-8,20H,2,17H2,1H3. The minimum atomic E-state index is -0.370. The number of nitrogens with zero attached hydrogens (tertiary/aromatic N) is 2. The molecule has 0 saturated carbocycles. The number of nitrogen functional groups attached to an aromatic ring is 1. The van der Waals surface area contributed by atoms with Gasteiger partial charge in [0.25, 0.3) is 0 Å². The second-order valence-corrected chi connectivity index (χ2v) is 4.56. The van der Waals surface area contributed by atoms with E-state index in [9.17, 15) is 9.50 Å². The van der Waals surface area contributed by atoms with E-state index in [0.717, 1.165) is 0 Å². The highest BCUT2D eigenvalue weighted by Gasteiger charge is 2.16. The summed E-state index contributed by atoms with van der Waals surface area (Å²) in [4.78, 5) is 4.33. The number of fused-ring (bicyclic) bond motifs is 1. The van der Waals surface area contributed by atoms with E-state index in [1.165, 1.54) is 12.1 Å². The van der Waals surface area contributed by atoms with Gasteiger partial charge < -0.3 is 15.4 Å². The Kier molecular flexibility index (Phi) is 2.82. The van der Waals surface area contributed by atoms with Gasteiger partial charge in [0, 0.05) is 18.3 Å². The SMILES string of the molecule is CCn1c(-c2ccc(N)cc2O)nc2c(F)cccc21. The van der Waals surface area contributed by atoms with Gasteiger partial charge in [-0.3, -0.25) is 0 Å². The molecule has 0 spiro atoms. The maximum atomic E-state index is 13.8. The molecule has 3 rings (SSSR count). The van der Waals surface area contributed by atoms with Crippen molar-refractivity contribution in [1.82, 2.24) is 9.55 Å². The fourth-order valence-electron chi connectivity index (χ4n) is 2.38. The van der Waals surface area contributed by atoms with Gasteiger partial charge >= 0.3 is 0 Å². The maximum Gasteiger partial charge on any atom is 0.151 e. The molecule has 0 aliphatic carbocycles. The Morgan fingerprint density at radius 1 is 1.30 bits per heavy atom. The van der Waals surface area contributed by atoms with Gasteiger partial charge in [0.1, 0.15) is 17.1 Å². The van der Waals surface area contributed by atoms with Crippen LogP contribution in [0.15, 0.2) is 36.4 Å². The zero-order valence-corrected chi connectivity index (χ0v) is 11.0. The molecule has 1 aromatic heterocycles. The lowest BCUT2D eigenvalue weighted by Gasteiger charge is -2.08. The molecule has 1 heterocycles. The highest BCUT2D eigenvalue weighted by Crippen LogP contribution is 2.33. The molecule has 0 radical (unpaired) electrons. The number of aromatic hydroxyl groups is 1. The van der Waals surface area contributed by atoms with Crippen molar-refractivity contribution >= 4 is 16.7 Å². The normalized spacial score (nSPS) is 11.1. The lowest BCUT2D eigenvalue weighted by atomic mass is 10.1. The molecule has 0 amide bonds. The van der Waals surface area contributed by atoms with E-state index in [4.69, 9.17) is 5.73 Å². The number of hydrogen-bond acceptors (Lipinski definition) is 3. The van der Waals surface area contributed by atoms with E-state index in [1.54, 1.807) is 18.2 Å². The van der Waals surface area contributed by atoms with Crippen molar-refractivity contribution in [3.8, 4) is 17.1 Å². The predicted molar refractivity (Wildman–Crippen MR) is 76.9 cm³/mol. The molecule has 0 fully saturated rings. The van der Waals surface area contributed by atoms with Crippen molar-refractivity contribution in [1.29, 1.82) is 0 Å². The number of para-hydroxylation sites is 1. The monoisotopic (exact) mass is 271 g/mol.